The molecule has 9 rings (SSSR count). The van der Waals surface area contributed by atoms with Crippen LogP contribution in [0.1, 0.15) is 37.7 Å². The van der Waals surface area contributed by atoms with Gasteiger partial charge in [-0.3, -0.25) is 10.00 Å². The van der Waals surface area contributed by atoms with Crippen LogP contribution in [0.2, 0.25) is 10.0 Å². The fourth-order valence-corrected chi connectivity index (χ4v) is 8.02. The van der Waals surface area contributed by atoms with Crippen molar-refractivity contribution >= 4 is 50.8 Å². The van der Waals surface area contributed by atoms with E-state index in [4.69, 9.17) is 32.9 Å². The van der Waals surface area contributed by atoms with Gasteiger partial charge in [0.2, 0.25) is 0 Å². The van der Waals surface area contributed by atoms with E-state index >= 15 is 4.39 Å². The second-order valence-electron chi connectivity index (χ2n) is 11.9. The van der Waals surface area contributed by atoms with Crippen molar-refractivity contribution in [1.82, 2.24) is 30.4 Å². The number of nitrogens with zero attached hydrogens (tertiary/aromatic N) is 5. The SMILES string of the molecule is Cc1cc2[nH]ncc2c(-c2c(Cl)cc3c(N4CC5CC(C4)N5)nc(OCC45CCCN4CCC5)nc3c2F)c1Cl. The minimum Gasteiger partial charge on any atom is -0.461 e. The van der Waals surface area contributed by atoms with Gasteiger partial charge in [0.1, 0.15) is 17.9 Å². The second kappa shape index (κ2) is 9.14. The average Bonchev–Trinajstić information content (AvgIpc) is 3.65. The van der Waals surface area contributed by atoms with Crippen LogP contribution < -0.4 is 15.0 Å². The lowest BCUT2D eigenvalue weighted by Gasteiger charge is -2.48. The molecule has 0 radical (unpaired) electrons. The summed E-state index contributed by atoms with van der Waals surface area (Å²) in [5.41, 5.74) is 2.50. The zero-order valence-electron chi connectivity index (χ0n) is 22.2. The van der Waals surface area contributed by atoms with Crippen molar-refractivity contribution in [3.05, 3.63) is 39.8 Å². The number of ether oxygens (including phenoxy) is 1. The smallest absolute Gasteiger partial charge is 0.319 e. The van der Waals surface area contributed by atoms with Gasteiger partial charge in [0.25, 0.3) is 0 Å². The predicted molar refractivity (Wildman–Crippen MR) is 155 cm³/mol. The van der Waals surface area contributed by atoms with Crippen LogP contribution in [0.25, 0.3) is 32.9 Å². The summed E-state index contributed by atoms with van der Waals surface area (Å²) >= 11 is 13.7. The summed E-state index contributed by atoms with van der Waals surface area (Å²) in [7, 11) is 0. The van der Waals surface area contributed by atoms with Crippen LogP contribution in [0.5, 0.6) is 6.01 Å². The van der Waals surface area contributed by atoms with Crippen LogP contribution in [-0.4, -0.2) is 75.5 Å². The fourth-order valence-electron chi connectivity index (χ4n) is 7.49. The molecule has 8 nitrogen and oxygen atoms in total. The summed E-state index contributed by atoms with van der Waals surface area (Å²) in [6, 6.07) is 4.69. The lowest BCUT2D eigenvalue weighted by molar-refractivity contribution is 0.107. The molecule has 40 heavy (non-hydrogen) atoms. The fraction of sp³-hybridized carbons (Fsp3) is 0.483. The standard InChI is InChI=1S/C29H30Cl2FN7O/c1-15-8-21-19(11-33-37-21)22(24(15)31)23-20(30)10-18-26(25(23)32)35-28(36-27(18)38-12-16-9-17(13-38)34-16)40-14-29-4-2-6-39(29)7-3-5-29/h8,10-11,16-17,34H,2-7,9,12-14H2,1H3,(H,33,37). The molecule has 2 atom stereocenters. The van der Waals surface area contributed by atoms with Crippen molar-refractivity contribution in [2.45, 2.75) is 56.7 Å². The Kier molecular flexibility index (Phi) is 5.72. The van der Waals surface area contributed by atoms with Crippen molar-refractivity contribution in [1.29, 1.82) is 0 Å². The van der Waals surface area contributed by atoms with Gasteiger partial charge in [-0.2, -0.15) is 15.1 Å². The number of piperazine rings is 1. The van der Waals surface area contributed by atoms with E-state index in [2.05, 4.69) is 30.3 Å². The predicted octanol–water partition coefficient (Wildman–Crippen LogP) is 5.49. The van der Waals surface area contributed by atoms with E-state index < -0.39 is 5.82 Å². The van der Waals surface area contributed by atoms with Crippen LogP contribution in [-0.2, 0) is 0 Å². The van der Waals surface area contributed by atoms with Crippen molar-refractivity contribution in [3.8, 4) is 17.1 Å². The molecule has 2 N–H and O–H groups in total. The van der Waals surface area contributed by atoms with Crippen LogP contribution in [0.4, 0.5) is 10.2 Å². The minimum absolute atomic E-state index is 0.0286. The molecular weight excluding hydrogens is 552 g/mol. The minimum atomic E-state index is -0.534. The number of fused-ring (bicyclic) bond motifs is 5. The zero-order chi connectivity index (χ0) is 27.2. The highest BCUT2D eigenvalue weighted by Crippen LogP contribution is 2.45. The Labute approximate surface area is 241 Å². The van der Waals surface area contributed by atoms with E-state index in [1.807, 2.05) is 13.0 Å². The van der Waals surface area contributed by atoms with E-state index in [1.165, 1.54) is 12.8 Å². The van der Waals surface area contributed by atoms with Gasteiger partial charge in [0, 0.05) is 47.1 Å². The third-order valence-electron chi connectivity index (χ3n) is 9.46. The maximum atomic E-state index is 16.8. The molecule has 5 saturated heterocycles. The van der Waals surface area contributed by atoms with Gasteiger partial charge in [0.05, 0.1) is 27.3 Å². The number of H-pyrrole nitrogens is 1. The lowest BCUT2D eigenvalue weighted by Crippen LogP contribution is -2.67. The van der Waals surface area contributed by atoms with Crippen LogP contribution >= 0.6 is 23.2 Å². The normalized spacial score (nSPS) is 23.6. The maximum Gasteiger partial charge on any atom is 0.319 e. The number of piperidine rings is 1. The van der Waals surface area contributed by atoms with Crippen molar-refractivity contribution in [2.75, 3.05) is 37.7 Å². The maximum absolute atomic E-state index is 16.8. The summed E-state index contributed by atoms with van der Waals surface area (Å²) in [6.45, 7) is 6.18. The third kappa shape index (κ3) is 3.74. The molecule has 0 amide bonds. The van der Waals surface area contributed by atoms with Gasteiger partial charge in [0.15, 0.2) is 5.82 Å². The second-order valence-corrected chi connectivity index (χ2v) is 12.7. The summed E-state index contributed by atoms with van der Waals surface area (Å²) in [6.07, 6.45) is 7.36. The molecule has 0 aliphatic carbocycles. The molecule has 2 bridgehead atoms. The number of nitrogens with one attached hydrogen (secondary N) is 2. The molecule has 2 aromatic carbocycles. The summed E-state index contributed by atoms with van der Waals surface area (Å²) in [5.74, 6) is 0.132. The summed E-state index contributed by atoms with van der Waals surface area (Å²) in [4.78, 5) is 14.3. The molecule has 0 saturated carbocycles. The van der Waals surface area contributed by atoms with Crippen molar-refractivity contribution in [2.24, 2.45) is 0 Å². The van der Waals surface area contributed by atoms with Gasteiger partial charge in [-0.1, -0.05) is 23.2 Å². The first kappa shape index (κ1) is 25.0. The summed E-state index contributed by atoms with van der Waals surface area (Å²) < 4.78 is 23.1. The molecule has 208 valence electrons. The van der Waals surface area contributed by atoms with Gasteiger partial charge in [-0.15, -0.1) is 0 Å². The largest absolute Gasteiger partial charge is 0.461 e. The first-order valence-corrected chi connectivity index (χ1v) is 14.9. The molecule has 4 aromatic rings. The Morgan fingerprint density at radius 1 is 1.07 bits per heavy atom. The number of aromatic amines is 1. The summed E-state index contributed by atoms with van der Waals surface area (Å²) in [5, 5.41) is 12.7. The Morgan fingerprint density at radius 3 is 2.58 bits per heavy atom. The topological polar surface area (TPSA) is 82.2 Å². The molecule has 5 aliphatic rings. The number of aryl methyl sites for hydroxylation is 1. The van der Waals surface area contributed by atoms with Gasteiger partial charge in [-0.05, 0) is 69.8 Å². The molecule has 7 heterocycles. The van der Waals surface area contributed by atoms with Crippen molar-refractivity contribution in [3.63, 3.8) is 0 Å². The first-order chi connectivity index (χ1) is 19.4. The average molecular weight is 583 g/mol. The lowest BCUT2D eigenvalue weighted by atomic mass is 9.91. The van der Waals surface area contributed by atoms with Gasteiger partial charge < -0.3 is 15.0 Å². The van der Waals surface area contributed by atoms with E-state index in [0.29, 0.717) is 45.9 Å². The molecular formula is C29H30Cl2FN7O. The number of anilines is 1. The number of hydrogen-bond acceptors (Lipinski definition) is 7. The highest BCUT2D eigenvalue weighted by atomic mass is 35.5. The zero-order valence-corrected chi connectivity index (χ0v) is 23.7. The molecule has 2 unspecified atom stereocenters. The van der Waals surface area contributed by atoms with E-state index in [1.54, 1.807) is 12.3 Å². The van der Waals surface area contributed by atoms with Gasteiger partial charge >= 0.3 is 6.01 Å². The molecule has 5 aliphatic heterocycles. The van der Waals surface area contributed by atoms with Crippen molar-refractivity contribution < 1.29 is 9.13 Å². The third-order valence-corrected chi connectivity index (χ3v) is 10.2. The van der Waals surface area contributed by atoms with Crippen LogP contribution in [0.3, 0.4) is 0 Å². The molecule has 0 spiro atoms. The van der Waals surface area contributed by atoms with E-state index in [9.17, 15) is 0 Å². The number of benzene rings is 2. The Balaban J connectivity index is 1.29. The van der Waals surface area contributed by atoms with Crippen LogP contribution in [0.15, 0.2) is 18.3 Å². The number of rotatable bonds is 5. The molecule has 2 aromatic heterocycles. The molecule has 11 heteroatoms. The highest BCUT2D eigenvalue weighted by Gasteiger charge is 2.45. The monoisotopic (exact) mass is 581 g/mol. The van der Waals surface area contributed by atoms with E-state index in [-0.39, 0.29) is 27.7 Å². The number of aromatic nitrogens is 4. The Morgan fingerprint density at radius 2 is 1.82 bits per heavy atom. The Hall–Kier alpha value is -2.72. The van der Waals surface area contributed by atoms with Crippen LogP contribution in [0, 0.1) is 12.7 Å². The van der Waals surface area contributed by atoms with Gasteiger partial charge in [-0.25, -0.2) is 4.39 Å². The highest BCUT2D eigenvalue weighted by molar-refractivity contribution is 6.39. The van der Waals surface area contributed by atoms with E-state index in [0.717, 1.165) is 56.5 Å². The quantitative estimate of drug-likeness (QED) is 0.322. The first-order valence-electron chi connectivity index (χ1n) is 14.1. The molecule has 5 fully saturated rings. The Bertz CT molecular complexity index is 1650. The number of hydrogen-bond donors (Lipinski definition) is 2. The number of halogens is 3.